The Bertz CT molecular complexity index is 1420. The van der Waals surface area contributed by atoms with E-state index in [0.29, 0.717) is 18.0 Å². The molecule has 4 aromatic rings. The average molecular weight is 528 g/mol. The molecular weight excluding hydrogens is 494 g/mol. The van der Waals surface area contributed by atoms with Crippen molar-refractivity contribution >= 4 is 26.7 Å². The summed E-state index contributed by atoms with van der Waals surface area (Å²) in [6, 6.07) is 32.7. The van der Waals surface area contributed by atoms with E-state index in [1.165, 1.54) is 0 Å². The first-order chi connectivity index (χ1) is 18.5. The Morgan fingerprint density at radius 3 is 2.03 bits per heavy atom. The molecule has 1 heterocycles. The zero-order valence-electron chi connectivity index (χ0n) is 21.3. The fraction of sp³-hybridized carbons (Fsp3) is 0.258. The van der Waals surface area contributed by atoms with Gasteiger partial charge in [0.05, 0.1) is 10.8 Å². The van der Waals surface area contributed by atoms with Crippen molar-refractivity contribution in [2.24, 2.45) is 0 Å². The molecule has 0 atom stereocenters. The van der Waals surface area contributed by atoms with E-state index >= 15 is 0 Å². The fourth-order valence-corrected chi connectivity index (χ4v) is 6.47. The van der Waals surface area contributed by atoms with E-state index in [0.717, 1.165) is 47.8 Å². The van der Waals surface area contributed by atoms with E-state index in [1.54, 1.807) is 12.1 Å². The normalized spacial score (nSPS) is 15.1. The Hall–Kier alpha value is -3.52. The van der Waals surface area contributed by atoms with Crippen molar-refractivity contribution in [1.82, 2.24) is 14.9 Å². The first-order valence-corrected chi connectivity index (χ1v) is 14.6. The molecule has 1 amide bonds. The molecule has 1 fully saturated rings. The highest BCUT2D eigenvalue weighted by Crippen LogP contribution is 2.26. The van der Waals surface area contributed by atoms with Crippen molar-refractivity contribution in [3.8, 4) is 0 Å². The lowest BCUT2D eigenvalue weighted by Gasteiger charge is -2.33. The van der Waals surface area contributed by atoms with Crippen LogP contribution in [0.3, 0.4) is 0 Å². The lowest BCUT2D eigenvalue weighted by atomic mass is 9.90. The average Bonchev–Trinajstić information content (AvgIpc) is 2.95. The van der Waals surface area contributed by atoms with Crippen LogP contribution in [0.15, 0.2) is 108 Å². The third-order valence-electron chi connectivity index (χ3n) is 7.22. The molecular formula is C31H33N3O3S. The van der Waals surface area contributed by atoms with E-state index in [4.69, 9.17) is 0 Å². The molecule has 0 saturated carbocycles. The number of nitrogens with one attached hydrogen (secondary N) is 2. The second-order valence-corrected chi connectivity index (χ2v) is 11.5. The van der Waals surface area contributed by atoms with Crippen LogP contribution in [0.2, 0.25) is 0 Å². The Balaban J connectivity index is 1.14. The van der Waals surface area contributed by atoms with Crippen LogP contribution in [0.1, 0.15) is 29.9 Å². The number of likely N-dealkylation sites (tertiary alicyclic amines) is 1. The number of carbonyl (C=O) groups is 1. The topological polar surface area (TPSA) is 78.5 Å². The van der Waals surface area contributed by atoms with Gasteiger partial charge in [-0.25, -0.2) is 13.1 Å². The van der Waals surface area contributed by atoms with Crippen molar-refractivity contribution in [2.75, 3.05) is 26.2 Å². The van der Waals surface area contributed by atoms with E-state index < -0.39 is 10.0 Å². The number of hydrogen-bond donors (Lipinski definition) is 2. The van der Waals surface area contributed by atoms with Crippen molar-refractivity contribution < 1.29 is 13.2 Å². The highest BCUT2D eigenvalue weighted by molar-refractivity contribution is 7.89. The first kappa shape index (κ1) is 26.1. The molecule has 1 saturated heterocycles. The maximum absolute atomic E-state index is 13.4. The quantitative estimate of drug-likeness (QED) is 0.335. The van der Waals surface area contributed by atoms with Gasteiger partial charge in [0.1, 0.15) is 0 Å². The summed E-state index contributed by atoms with van der Waals surface area (Å²) in [6.45, 7) is 2.58. The third-order valence-corrected chi connectivity index (χ3v) is 8.74. The molecule has 6 nitrogen and oxygen atoms in total. The van der Waals surface area contributed by atoms with Crippen LogP contribution in [0.5, 0.6) is 0 Å². The van der Waals surface area contributed by atoms with Crippen LogP contribution in [0, 0.1) is 0 Å². The summed E-state index contributed by atoms with van der Waals surface area (Å²) in [5, 5.41) is 4.91. The van der Waals surface area contributed by atoms with Gasteiger partial charge in [0.2, 0.25) is 15.9 Å². The summed E-state index contributed by atoms with van der Waals surface area (Å²) in [4.78, 5) is 16.0. The van der Waals surface area contributed by atoms with Gasteiger partial charge in [-0.2, -0.15) is 0 Å². The van der Waals surface area contributed by atoms with Crippen LogP contribution in [0.25, 0.3) is 10.8 Å². The predicted octanol–water partition coefficient (Wildman–Crippen LogP) is 4.53. The van der Waals surface area contributed by atoms with Gasteiger partial charge < -0.3 is 10.2 Å². The van der Waals surface area contributed by atoms with Gasteiger partial charge in [-0.05, 0) is 35.4 Å². The molecule has 2 N–H and O–H groups in total. The Morgan fingerprint density at radius 1 is 0.789 bits per heavy atom. The molecule has 5 rings (SSSR count). The van der Waals surface area contributed by atoms with E-state index in [2.05, 4.69) is 14.9 Å². The second-order valence-electron chi connectivity index (χ2n) is 9.75. The summed E-state index contributed by atoms with van der Waals surface area (Å²) in [6.07, 6.45) is 1.66. The molecule has 7 heteroatoms. The van der Waals surface area contributed by atoms with Crippen LogP contribution in [-0.4, -0.2) is 51.4 Å². The van der Waals surface area contributed by atoms with Crippen LogP contribution >= 0.6 is 0 Å². The number of hydrogen-bond acceptors (Lipinski definition) is 4. The number of rotatable bonds is 9. The maximum atomic E-state index is 13.4. The first-order valence-electron chi connectivity index (χ1n) is 13.1. The van der Waals surface area contributed by atoms with Crippen LogP contribution in [0.4, 0.5) is 0 Å². The molecule has 196 valence electrons. The summed E-state index contributed by atoms with van der Waals surface area (Å²) in [7, 11) is -3.61. The fourth-order valence-electron chi connectivity index (χ4n) is 5.22. The molecule has 0 radical (unpaired) electrons. The van der Waals surface area contributed by atoms with Crippen molar-refractivity contribution in [2.45, 2.75) is 29.7 Å². The number of benzene rings is 4. The molecule has 1 aliphatic heterocycles. The standard InChI is InChI=1S/C31H33N3O3S/c35-31(30(25-11-3-1-4-12-25)26-13-5-2-6-14-26)33-27-18-21-34(22-19-27)23-20-32-38(36,37)29-17-9-15-24-10-7-8-16-28(24)29/h1-17,27,30,32H,18-23H2,(H,33,35). The predicted molar refractivity (Wildman–Crippen MR) is 151 cm³/mol. The Labute approximate surface area is 224 Å². The number of fused-ring (bicyclic) bond motifs is 1. The molecule has 0 aliphatic carbocycles. The van der Waals surface area contributed by atoms with Crippen molar-refractivity contribution in [3.63, 3.8) is 0 Å². The van der Waals surface area contributed by atoms with Gasteiger partial charge in [-0.1, -0.05) is 97.1 Å². The number of sulfonamides is 1. The van der Waals surface area contributed by atoms with Crippen molar-refractivity contribution in [3.05, 3.63) is 114 Å². The molecule has 0 spiro atoms. The van der Waals surface area contributed by atoms with Gasteiger partial charge in [0.25, 0.3) is 0 Å². The summed E-state index contributed by atoms with van der Waals surface area (Å²) in [5.74, 6) is -0.331. The highest BCUT2D eigenvalue weighted by Gasteiger charge is 2.27. The SMILES string of the molecule is O=C(NC1CCN(CCNS(=O)(=O)c2cccc3ccccc23)CC1)C(c1ccccc1)c1ccccc1. The van der Waals surface area contributed by atoms with E-state index in [9.17, 15) is 13.2 Å². The van der Waals surface area contributed by atoms with E-state index in [-0.39, 0.29) is 17.9 Å². The van der Waals surface area contributed by atoms with Gasteiger partial charge >= 0.3 is 0 Å². The molecule has 0 bridgehead atoms. The van der Waals surface area contributed by atoms with Gasteiger partial charge in [-0.15, -0.1) is 0 Å². The highest BCUT2D eigenvalue weighted by atomic mass is 32.2. The number of nitrogens with zero attached hydrogens (tertiary/aromatic N) is 1. The Kier molecular flexibility index (Phi) is 8.17. The van der Waals surface area contributed by atoms with Gasteiger partial charge in [-0.3, -0.25) is 4.79 Å². The zero-order valence-corrected chi connectivity index (χ0v) is 22.1. The largest absolute Gasteiger partial charge is 0.352 e. The molecule has 0 unspecified atom stereocenters. The smallest absolute Gasteiger partial charge is 0.241 e. The summed E-state index contributed by atoms with van der Waals surface area (Å²) < 4.78 is 28.7. The third kappa shape index (κ3) is 6.13. The minimum absolute atomic E-state index is 0.0173. The van der Waals surface area contributed by atoms with Gasteiger partial charge in [0.15, 0.2) is 0 Å². The Morgan fingerprint density at radius 2 is 1.37 bits per heavy atom. The van der Waals surface area contributed by atoms with Crippen LogP contribution < -0.4 is 10.0 Å². The van der Waals surface area contributed by atoms with E-state index in [1.807, 2.05) is 91.0 Å². The number of piperidine rings is 1. The minimum Gasteiger partial charge on any atom is -0.352 e. The summed E-state index contributed by atoms with van der Waals surface area (Å²) >= 11 is 0. The van der Waals surface area contributed by atoms with Gasteiger partial charge in [0, 0.05) is 37.6 Å². The van der Waals surface area contributed by atoms with Crippen molar-refractivity contribution in [1.29, 1.82) is 0 Å². The monoisotopic (exact) mass is 527 g/mol. The summed E-state index contributed by atoms with van der Waals surface area (Å²) in [5.41, 5.74) is 1.96. The second kappa shape index (κ2) is 11.9. The molecule has 0 aromatic heterocycles. The maximum Gasteiger partial charge on any atom is 0.241 e. The number of carbonyl (C=O) groups excluding carboxylic acids is 1. The number of amides is 1. The lowest BCUT2D eigenvalue weighted by molar-refractivity contribution is -0.122. The lowest BCUT2D eigenvalue weighted by Crippen LogP contribution is -2.47. The zero-order chi connectivity index (χ0) is 26.4. The molecule has 1 aliphatic rings. The van der Waals surface area contributed by atoms with Crippen LogP contribution in [-0.2, 0) is 14.8 Å². The molecule has 4 aromatic carbocycles. The molecule has 38 heavy (non-hydrogen) atoms. The minimum atomic E-state index is -3.61.